The second kappa shape index (κ2) is 6.01. The van der Waals surface area contributed by atoms with Gasteiger partial charge in [0.15, 0.2) is 6.23 Å². The van der Waals surface area contributed by atoms with Gasteiger partial charge in [-0.05, 0) is 57.5 Å². The Balaban J connectivity index is 2.37. The summed E-state index contributed by atoms with van der Waals surface area (Å²) in [7, 11) is 0. The second-order valence-electron chi connectivity index (χ2n) is 5.92. The molecule has 4 nitrogen and oxygen atoms in total. The van der Waals surface area contributed by atoms with Gasteiger partial charge in [-0.1, -0.05) is 16.0 Å². The van der Waals surface area contributed by atoms with Crippen molar-refractivity contribution < 1.29 is 9.66 Å². The number of anilines is 1. The summed E-state index contributed by atoms with van der Waals surface area (Å²) in [5.74, 6) is 0. The SMILES string of the molecule is CC(=N[S+]([O-])C(C)(C)C)C1=Cc2cc(Cl)ccc2NC1O. The molecule has 0 amide bonds. The quantitative estimate of drug-likeness (QED) is 0.646. The van der Waals surface area contributed by atoms with Gasteiger partial charge in [0, 0.05) is 16.3 Å². The molecule has 1 heterocycles. The van der Waals surface area contributed by atoms with Crippen LogP contribution in [0.4, 0.5) is 5.69 Å². The fourth-order valence-electron chi connectivity index (χ4n) is 1.87. The third kappa shape index (κ3) is 3.80. The number of nitrogens with one attached hydrogen (secondary N) is 1. The van der Waals surface area contributed by atoms with E-state index in [1.165, 1.54) is 0 Å². The van der Waals surface area contributed by atoms with E-state index in [9.17, 15) is 9.66 Å². The van der Waals surface area contributed by atoms with Gasteiger partial charge in [0.1, 0.15) is 16.1 Å². The van der Waals surface area contributed by atoms with Gasteiger partial charge >= 0.3 is 0 Å². The molecule has 2 unspecified atom stereocenters. The summed E-state index contributed by atoms with van der Waals surface area (Å²) in [6.45, 7) is 7.33. The Labute approximate surface area is 133 Å². The molecule has 6 heteroatoms. The van der Waals surface area contributed by atoms with Crippen molar-refractivity contribution in [2.24, 2.45) is 4.40 Å². The zero-order valence-corrected chi connectivity index (χ0v) is 14.0. The number of halogens is 1. The minimum Gasteiger partial charge on any atom is -0.591 e. The first-order valence-corrected chi connectivity index (χ1v) is 8.10. The smallest absolute Gasteiger partial charge is 0.152 e. The Morgan fingerprint density at radius 1 is 1.43 bits per heavy atom. The van der Waals surface area contributed by atoms with Crippen molar-refractivity contribution in [1.82, 2.24) is 0 Å². The molecule has 2 rings (SSSR count). The second-order valence-corrected chi connectivity index (χ2v) is 8.26. The van der Waals surface area contributed by atoms with Crippen LogP contribution in [0, 0.1) is 0 Å². The molecule has 0 fully saturated rings. The molecule has 21 heavy (non-hydrogen) atoms. The first-order valence-electron chi connectivity index (χ1n) is 6.62. The van der Waals surface area contributed by atoms with E-state index in [2.05, 4.69) is 9.71 Å². The highest BCUT2D eigenvalue weighted by Gasteiger charge is 2.28. The van der Waals surface area contributed by atoms with E-state index in [4.69, 9.17) is 11.6 Å². The molecular formula is C15H19ClN2O2S. The minimum absolute atomic E-state index is 0.434. The van der Waals surface area contributed by atoms with Gasteiger partial charge in [-0.25, -0.2) is 0 Å². The van der Waals surface area contributed by atoms with E-state index in [0.29, 0.717) is 16.3 Å². The Bertz CT molecular complexity index is 608. The minimum atomic E-state index is -1.36. The number of rotatable bonds is 2. The maximum Gasteiger partial charge on any atom is 0.152 e. The lowest BCUT2D eigenvalue weighted by Crippen LogP contribution is -2.31. The van der Waals surface area contributed by atoms with Crippen LogP contribution in [0.1, 0.15) is 33.3 Å². The Kier molecular flexibility index (Phi) is 4.68. The van der Waals surface area contributed by atoms with Crippen LogP contribution in [0.3, 0.4) is 0 Å². The summed E-state index contributed by atoms with van der Waals surface area (Å²) in [6.07, 6.45) is 0.945. The van der Waals surface area contributed by atoms with Gasteiger partial charge in [-0.3, -0.25) is 0 Å². The average molecular weight is 327 g/mol. The first kappa shape index (κ1) is 16.4. The summed E-state index contributed by atoms with van der Waals surface area (Å²) in [5.41, 5.74) is 2.83. The summed E-state index contributed by atoms with van der Waals surface area (Å²) < 4.78 is 15.9. The largest absolute Gasteiger partial charge is 0.591 e. The molecule has 2 atom stereocenters. The first-order chi connectivity index (χ1) is 9.68. The third-order valence-corrected chi connectivity index (χ3v) is 4.80. The summed E-state index contributed by atoms with van der Waals surface area (Å²) in [4.78, 5) is 0. The molecule has 1 aromatic rings. The zero-order valence-electron chi connectivity index (χ0n) is 12.5. The highest BCUT2D eigenvalue weighted by molar-refractivity contribution is 7.91. The highest BCUT2D eigenvalue weighted by Crippen LogP contribution is 2.30. The van der Waals surface area contributed by atoms with Crippen LogP contribution < -0.4 is 5.32 Å². The Morgan fingerprint density at radius 2 is 2.10 bits per heavy atom. The van der Waals surface area contributed by atoms with Crippen molar-refractivity contribution in [3.05, 3.63) is 34.4 Å². The predicted octanol–water partition coefficient (Wildman–Crippen LogP) is 3.39. The molecule has 0 aromatic heterocycles. The van der Waals surface area contributed by atoms with Gasteiger partial charge in [0.2, 0.25) is 0 Å². The number of benzene rings is 1. The number of nitrogens with zero attached hydrogens (tertiary/aromatic N) is 1. The predicted molar refractivity (Wildman–Crippen MR) is 90.1 cm³/mol. The van der Waals surface area contributed by atoms with Crippen LogP contribution in [-0.2, 0) is 11.4 Å². The summed E-state index contributed by atoms with van der Waals surface area (Å²) in [6, 6.07) is 5.38. The van der Waals surface area contributed by atoms with Crippen molar-refractivity contribution in [3.8, 4) is 0 Å². The van der Waals surface area contributed by atoms with E-state index < -0.39 is 22.3 Å². The van der Waals surface area contributed by atoms with Crippen molar-refractivity contribution >= 4 is 40.4 Å². The maximum atomic E-state index is 12.1. The molecular weight excluding hydrogens is 308 g/mol. The zero-order chi connectivity index (χ0) is 15.8. The molecule has 0 bridgehead atoms. The summed E-state index contributed by atoms with van der Waals surface area (Å²) in [5, 5.41) is 13.8. The topological polar surface area (TPSA) is 67.7 Å². The molecule has 114 valence electrons. The molecule has 0 saturated carbocycles. The molecule has 1 aromatic carbocycles. The van der Waals surface area contributed by atoms with Crippen molar-refractivity contribution in [3.63, 3.8) is 0 Å². The summed E-state index contributed by atoms with van der Waals surface area (Å²) >= 11 is 4.62. The molecule has 0 spiro atoms. The van der Waals surface area contributed by atoms with E-state index in [0.717, 1.165) is 11.3 Å². The van der Waals surface area contributed by atoms with Crippen molar-refractivity contribution in [2.45, 2.75) is 38.7 Å². The van der Waals surface area contributed by atoms with Crippen LogP contribution in [0.2, 0.25) is 5.02 Å². The van der Waals surface area contributed by atoms with Crippen LogP contribution in [0.25, 0.3) is 6.08 Å². The van der Waals surface area contributed by atoms with Crippen molar-refractivity contribution in [1.29, 1.82) is 0 Å². The molecule has 1 aliphatic rings. The third-order valence-electron chi connectivity index (χ3n) is 3.07. The molecule has 1 aliphatic heterocycles. The molecule has 0 aliphatic carbocycles. The van der Waals surface area contributed by atoms with Crippen LogP contribution in [0.15, 0.2) is 28.2 Å². The van der Waals surface area contributed by atoms with Gasteiger partial charge in [-0.15, -0.1) is 0 Å². The van der Waals surface area contributed by atoms with E-state index >= 15 is 0 Å². The fraction of sp³-hybridized carbons (Fsp3) is 0.400. The highest BCUT2D eigenvalue weighted by atomic mass is 35.5. The molecule has 2 N–H and O–H groups in total. The normalized spacial score (nSPS) is 20.4. The number of fused-ring (bicyclic) bond motifs is 1. The van der Waals surface area contributed by atoms with Gasteiger partial charge in [0.05, 0.1) is 5.71 Å². The average Bonchev–Trinajstić information content (AvgIpc) is 2.37. The van der Waals surface area contributed by atoms with E-state index in [-0.39, 0.29) is 0 Å². The van der Waals surface area contributed by atoms with E-state index in [1.54, 1.807) is 13.0 Å². The van der Waals surface area contributed by atoms with Gasteiger partial charge in [0.25, 0.3) is 0 Å². The maximum absolute atomic E-state index is 12.1. The van der Waals surface area contributed by atoms with Gasteiger partial charge in [-0.2, -0.15) is 0 Å². The molecule has 0 radical (unpaired) electrons. The Morgan fingerprint density at radius 3 is 2.71 bits per heavy atom. The monoisotopic (exact) mass is 326 g/mol. The lowest BCUT2D eigenvalue weighted by atomic mass is 10.0. The lowest BCUT2D eigenvalue weighted by Gasteiger charge is -2.25. The lowest BCUT2D eigenvalue weighted by molar-refractivity contribution is 0.246. The fourth-order valence-corrected chi connectivity index (χ4v) is 2.68. The van der Waals surface area contributed by atoms with Gasteiger partial charge < -0.3 is 15.0 Å². The van der Waals surface area contributed by atoms with E-state index in [1.807, 2.05) is 39.0 Å². The number of hydrogen-bond donors (Lipinski definition) is 2. The van der Waals surface area contributed by atoms with Crippen LogP contribution in [-0.4, -0.2) is 26.3 Å². The van der Waals surface area contributed by atoms with Crippen LogP contribution in [0.5, 0.6) is 0 Å². The number of aliphatic hydroxyl groups excluding tert-OH is 1. The van der Waals surface area contributed by atoms with Crippen molar-refractivity contribution in [2.75, 3.05) is 5.32 Å². The number of hydrogen-bond acceptors (Lipinski definition) is 4. The molecule has 0 saturated heterocycles. The van der Waals surface area contributed by atoms with Crippen LogP contribution >= 0.6 is 11.6 Å². The standard InChI is InChI=1S/C15H19ClN2O2S/c1-9(18-21(20)15(2,3)4)12-8-10-7-11(16)5-6-13(10)17-14(12)19/h5-8,14,17,19H,1-4H3. The Hall–Kier alpha value is -1.01. The number of aliphatic hydroxyl groups is 1.